The smallest absolute Gasteiger partial charge is 0.276 e. The summed E-state index contributed by atoms with van der Waals surface area (Å²) in [6.07, 6.45) is 0.166. The van der Waals surface area contributed by atoms with Crippen LogP contribution in [0.2, 0.25) is 0 Å². The maximum absolute atomic E-state index is 12.4. The number of carbonyl (C=O) groups is 2. The number of nitrogens with zero attached hydrogens (tertiary/aromatic N) is 2. The normalized spacial score (nSPS) is 10.3. The van der Waals surface area contributed by atoms with Gasteiger partial charge in [0.15, 0.2) is 21.8 Å². The van der Waals surface area contributed by atoms with Gasteiger partial charge in [-0.3, -0.25) is 14.9 Å². The van der Waals surface area contributed by atoms with E-state index in [9.17, 15) is 9.59 Å². The van der Waals surface area contributed by atoms with Gasteiger partial charge < -0.3 is 20.1 Å². The van der Waals surface area contributed by atoms with Crippen molar-refractivity contribution in [3.63, 3.8) is 0 Å². The van der Waals surface area contributed by atoms with Gasteiger partial charge in [0.2, 0.25) is 5.91 Å². The lowest BCUT2D eigenvalue weighted by Gasteiger charge is -2.09. The second-order valence-electron chi connectivity index (χ2n) is 5.68. The Balaban J connectivity index is 1.64. The van der Waals surface area contributed by atoms with Crippen LogP contribution < -0.4 is 25.4 Å². The highest BCUT2D eigenvalue weighted by molar-refractivity contribution is 7.14. The molecule has 3 rings (SSSR count). The van der Waals surface area contributed by atoms with Gasteiger partial charge in [0.05, 0.1) is 26.3 Å². The van der Waals surface area contributed by atoms with Crippen LogP contribution in [-0.4, -0.2) is 43.0 Å². The predicted molar refractivity (Wildman–Crippen MR) is 113 cm³/mol. The molecule has 0 fully saturated rings. The summed E-state index contributed by atoms with van der Waals surface area (Å²) >= 11 is 2.55. The molecule has 11 heteroatoms. The lowest BCUT2D eigenvalue weighted by atomic mass is 10.3. The van der Waals surface area contributed by atoms with E-state index in [0.717, 1.165) is 5.69 Å². The molecular weight excluding hydrogens is 414 g/mol. The summed E-state index contributed by atoms with van der Waals surface area (Å²) in [4.78, 5) is 32.3. The van der Waals surface area contributed by atoms with E-state index < -0.39 is 0 Å². The third kappa shape index (κ3) is 5.21. The first-order valence-electron chi connectivity index (χ1n) is 8.43. The molecule has 0 saturated heterocycles. The number of rotatable bonds is 8. The van der Waals surface area contributed by atoms with Gasteiger partial charge >= 0.3 is 0 Å². The Morgan fingerprint density at radius 1 is 1.03 bits per heavy atom. The van der Waals surface area contributed by atoms with Crippen molar-refractivity contribution in [1.82, 2.24) is 15.3 Å². The topological polar surface area (TPSA) is 114 Å². The molecule has 0 bridgehead atoms. The molecule has 1 aromatic carbocycles. The molecule has 2 aromatic heterocycles. The van der Waals surface area contributed by atoms with Crippen LogP contribution in [0.1, 0.15) is 16.2 Å². The number of hydrogen-bond acceptors (Lipinski definition) is 9. The average Bonchev–Trinajstić information content (AvgIpc) is 3.37. The van der Waals surface area contributed by atoms with Crippen LogP contribution >= 0.6 is 22.7 Å². The van der Waals surface area contributed by atoms with Crippen LogP contribution in [0.15, 0.2) is 29.0 Å². The fourth-order valence-corrected chi connectivity index (χ4v) is 3.75. The van der Waals surface area contributed by atoms with E-state index in [1.165, 1.54) is 22.7 Å². The van der Waals surface area contributed by atoms with Gasteiger partial charge in [0.1, 0.15) is 5.69 Å². The molecule has 2 heterocycles. The number of amides is 2. The SMILES string of the molecule is CNC(=O)Cc1csc(NC(=O)c2csc(Nc3ccc(OC)c(OC)c3)n2)n1. The lowest BCUT2D eigenvalue weighted by molar-refractivity contribution is -0.120. The Morgan fingerprint density at radius 3 is 2.52 bits per heavy atom. The molecule has 0 atom stereocenters. The van der Waals surface area contributed by atoms with Gasteiger partial charge in [0, 0.05) is 29.6 Å². The van der Waals surface area contributed by atoms with Gasteiger partial charge in [-0.25, -0.2) is 9.97 Å². The third-order valence-electron chi connectivity index (χ3n) is 3.76. The van der Waals surface area contributed by atoms with Gasteiger partial charge in [-0.05, 0) is 12.1 Å². The maximum atomic E-state index is 12.4. The summed E-state index contributed by atoms with van der Waals surface area (Å²) in [5.74, 6) is 0.695. The van der Waals surface area contributed by atoms with Gasteiger partial charge in [0.25, 0.3) is 5.91 Å². The summed E-state index contributed by atoms with van der Waals surface area (Å²) in [6.45, 7) is 0. The van der Waals surface area contributed by atoms with Crippen LogP contribution in [0.4, 0.5) is 16.0 Å². The number of carbonyl (C=O) groups excluding carboxylic acids is 2. The van der Waals surface area contributed by atoms with E-state index in [1.807, 2.05) is 6.07 Å². The van der Waals surface area contributed by atoms with Crippen LogP contribution in [0.3, 0.4) is 0 Å². The number of ether oxygens (including phenoxy) is 2. The zero-order chi connectivity index (χ0) is 20.8. The van der Waals surface area contributed by atoms with Crippen molar-refractivity contribution in [3.8, 4) is 11.5 Å². The van der Waals surface area contributed by atoms with E-state index in [-0.39, 0.29) is 23.9 Å². The minimum Gasteiger partial charge on any atom is -0.493 e. The lowest BCUT2D eigenvalue weighted by Crippen LogP contribution is -2.20. The number of benzene rings is 1. The van der Waals surface area contributed by atoms with Crippen molar-refractivity contribution in [1.29, 1.82) is 0 Å². The van der Waals surface area contributed by atoms with Gasteiger partial charge in [-0.1, -0.05) is 0 Å². The predicted octanol–water partition coefficient (Wildman–Crippen LogP) is 2.90. The van der Waals surface area contributed by atoms with Gasteiger partial charge in [-0.15, -0.1) is 22.7 Å². The Hall–Kier alpha value is -3.18. The number of thiazole rings is 2. The summed E-state index contributed by atoms with van der Waals surface area (Å²) in [5, 5.41) is 12.7. The van der Waals surface area contributed by atoms with Crippen LogP contribution in [0, 0.1) is 0 Å². The molecule has 9 nitrogen and oxygen atoms in total. The molecular formula is C18H19N5O4S2. The first kappa shape index (κ1) is 20.6. The molecule has 0 aliphatic heterocycles. The second-order valence-corrected chi connectivity index (χ2v) is 7.40. The minimum absolute atomic E-state index is 0.140. The number of aromatic nitrogens is 2. The van der Waals surface area contributed by atoms with Crippen molar-refractivity contribution < 1.29 is 19.1 Å². The van der Waals surface area contributed by atoms with Crippen LogP contribution in [0.25, 0.3) is 0 Å². The molecule has 2 amide bonds. The van der Waals surface area contributed by atoms with Crippen molar-refractivity contribution in [3.05, 3.63) is 40.3 Å². The Morgan fingerprint density at radius 2 is 1.79 bits per heavy atom. The zero-order valence-corrected chi connectivity index (χ0v) is 17.6. The van der Waals surface area contributed by atoms with Crippen molar-refractivity contribution in [2.45, 2.75) is 6.42 Å². The third-order valence-corrected chi connectivity index (χ3v) is 5.33. The first-order valence-corrected chi connectivity index (χ1v) is 10.2. The van der Waals surface area contributed by atoms with E-state index in [0.29, 0.717) is 27.5 Å². The number of hydrogen-bond donors (Lipinski definition) is 3. The first-order chi connectivity index (χ1) is 14.0. The Kier molecular flexibility index (Phi) is 6.62. The molecule has 29 heavy (non-hydrogen) atoms. The number of anilines is 3. The second kappa shape index (κ2) is 9.34. The summed E-state index contributed by atoms with van der Waals surface area (Å²) in [6, 6.07) is 5.39. The number of methoxy groups -OCH3 is 2. The number of likely N-dealkylation sites (N-methyl/N-ethyl adjacent to an activating group) is 1. The fourth-order valence-electron chi connectivity index (χ4n) is 2.33. The molecule has 0 unspecified atom stereocenters. The monoisotopic (exact) mass is 433 g/mol. The molecule has 0 aliphatic carbocycles. The zero-order valence-electron chi connectivity index (χ0n) is 15.9. The van der Waals surface area contributed by atoms with Crippen molar-refractivity contribution in [2.75, 3.05) is 31.9 Å². The fraction of sp³-hybridized carbons (Fsp3) is 0.222. The molecule has 0 aliphatic rings. The highest BCUT2D eigenvalue weighted by Gasteiger charge is 2.14. The van der Waals surface area contributed by atoms with Gasteiger partial charge in [-0.2, -0.15) is 0 Å². The van der Waals surface area contributed by atoms with Crippen LogP contribution in [-0.2, 0) is 11.2 Å². The Bertz CT molecular complexity index is 1020. The van der Waals surface area contributed by atoms with Crippen molar-refractivity contribution in [2.24, 2.45) is 0 Å². The average molecular weight is 434 g/mol. The highest BCUT2D eigenvalue weighted by Crippen LogP contribution is 2.31. The summed E-state index contributed by atoms with van der Waals surface area (Å²) in [7, 11) is 4.69. The van der Waals surface area contributed by atoms with E-state index in [4.69, 9.17) is 9.47 Å². The molecule has 3 aromatic rings. The summed E-state index contributed by atoms with van der Waals surface area (Å²) in [5.41, 5.74) is 1.61. The molecule has 3 N–H and O–H groups in total. The number of nitrogens with one attached hydrogen (secondary N) is 3. The van der Waals surface area contributed by atoms with Crippen molar-refractivity contribution >= 4 is 50.4 Å². The molecule has 0 radical (unpaired) electrons. The molecule has 0 saturated carbocycles. The largest absolute Gasteiger partial charge is 0.493 e. The highest BCUT2D eigenvalue weighted by atomic mass is 32.1. The summed E-state index contributed by atoms with van der Waals surface area (Å²) < 4.78 is 10.5. The molecule has 152 valence electrons. The minimum atomic E-state index is -0.373. The standard InChI is InChI=1S/C18H19N5O4S2/c1-19-15(24)7-11-8-28-18(21-11)23-16(25)12-9-29-17(22-12)20-10-4-5-13(26-2)14(6-10)27-3/h4-6,8-9H,7H2,1-3H3,(H,19,24)(H,20,22)(H,21,23,25). The Labute approximate surface area is 175 Å². The maximum Gasteiger partial charge on any atom is 0.276 e. The quantitative estimate of drug-likeness (QED) is 0.500. The van der Waals surface area contributed by atoms with E-state index >= 15 is 0 Å². The molecule has 0 spiro atoms. The van der Waals surface area contributed by atoms with E-state index in [1.54, 1.807) is 44.2 Å². The van der Waals surface area contributed by atoms with E-state index in [2.05, 4.69) is 25.9 Å². The van der Waals surface area contributed by atoms with Crippen LogP contribution in [0.5, 0.6) is 11.5 Å².